The van der Waals surface area contributed by atoms with Crippen molar-refractivity contribution in [3.8, 4) is 39.6 Å². The summed E-state index contributed by atoms with van der Waals surface area (Å²) in [6.45, 7) is 15.7. The lowest BCUT2D eigenvalue weighted by molar-refractivity contribution is -0.660. The summed E-state index contributed by atoms with van der Waals surface area (Å²) < 4.78 is 9.01. The number of nitrogens with zero attached hydrogens (tertiary/aromatic N) is 2. The van der Waals surface area contributed by atoms with Gasteiger partial charge in [0.1, 0.15) is 18.2 Å². The van der Waals surface area contributed by atoms with Gasteiger partial charge in [0.2, 0.25) is 5.69 Å². The van der Waals surface area contributed by atoms with E-state index in [0.29, 0.717) is 5.56 Å². The molecule has 0 unspecified atom stereocenters. The maximum atomic E-state index is 10.2. The van der Waals surface area contributed by atoms with Gasteiger partial charge in [-0.3, -0.25) is 0 Å². The predicted molar refractivity (Wildman–Crippen MR) is 183 cm³/mol. The van der Waals surface area contributed by atoms with Crippen LogP contribution >= 0.6 is 0 Å². The largest absolute Gasteiger partial charge is 0.454 e. The molecule has 4 aromatic carbocycles. The zero-order valence-electron chi connectivity index (χ0n) is 27.2. The molecule has 0 bridgehead atoms. The van der Waals surface area contributed by atoms with E-state index in [1.807, 2.05) is 12.1 Å². The molecule has 0 fully saturated rings. The van der Waals surface area contributed by atoms with E-state index in [9.17, 15) is 5.26 Å². The first kappa shape index (κ1) is 29.4. The van der Waals surface area contributed by atoms with Gasteiger partial charge in [0.15, 0.2) is 6.20 Å². The molecule has 3 nitrogen and oxygen atoms in total. The van der Waals surface area contributed by atoms with Crippen LogP contribution in [0.1, 0.15) is 63.8 Å². The second-order valence-electron chi connectivity index (χ2n) is 14.4. The molecule has 0 saturated carbocycles. The van der Waals surface area contributed by atoms with Crippen LogP contribution in [0, 0.1) is 23.7 Å². The van der Waals surface area contributed by atoms with Crippen molar-refractivity contribution in [1.29, 1.82) is 5.26 Å². The Hall–Kier alpha value is -4.68. The summed E-state index contributed by atoms with van der Waals surface area (Å²) in [7, 11) is 2.09. The molecule has 2 aromatic heterocycles. The quantitative estimate of drug-likeness (QED) is 0.196. The van der Waals surface area contributed by atoms with Gasteiger partial charge in [-0.1, -0.05) is 102 Å². The van der Waals surface area contributed by atoms with Crippen molar-refractivity contribution in [1.82, 2.24) is 0 Å². The molecule has 0 aliphatic heterocycles. The lowest BCUT2D eigenvalue weighted by Crippen LogP contribution is -2.31. The predicted octanol–water partition coefficient (Wildman–Crippen LogP) is 10.5. The number of hydrogen-bond acceptors (Lipinski definition) is 2. The fraction of sp³-hybridized carbons (Fsp3) is 0.268. The van der Waals surface area contributed by atoms with Crippen molar-refractivity contribution in [3.63, 3.8) is 0 Å². The van der Waals surface area contributed by atoms with Gasteiger partial charge in [-0.05, 0) is 69.7 Å². The molecule has 6 rings (SSSR count). The number of aryl methyl sites for hydroxylation is 2. The summed E-state index contributed by atoms with van der Waals surface area (Å²) >= 11 is 0. The van der Waals surface area contributed by atoms with E-state index in [-0.39, 0.29) is 10.8 Å². The van der Waals surface area contributed by atoms with Crippen LogP contribution in [0.3, 0.4) is 0 Å². The second kappa shape index (κ2) is 10.8. The first-order chi connectivity index (χ1) is 20.8. The number of hydrogen-bond donors (Lipinski definition) is 0. The minimum Gasteiger partial charge on any atom is -0.454 e. The van der Waals surface area contributed by atoms with E-state index in [0.717, 1.165) is 61.9 Å². The van der Waals surface area contributed by atoms with Crippen LogP contribution in [0.2, 0.25) is 0 Å². The Morgan fingerprint density at radius 1 is 0.705 bits per heavy atom. The van der Waals surface area contributed by atoms with E-state index >= 15 is 0 Å². The molecule has 0 radical (unpaired) electrons. The number of benzene rings is 4. The van der Waals surface area contributed by atoms with Crippen LogP contribution in [-0.2, 0) is 18.9 Å². The number of nitriles is 1. The van der Waals surface area contributed by atoms with Crippen LogP contribution in [-0.4, -0.2) is 0 Å². The third-order valence-corrected chi connectivity index (χ3v) is 8.60. The van der Waals surface area contributed by atoms with E-state index in [4.69, 9.17) is 4.42 Å². The van der Waals surface area contributed by atoms with E-state index in [1.54, 1.807) is 0 Å². The van der Waals surface area contributed by atoms with Crippen LogP contribution in [0.4, 0.5) is 0 Å². The Morgan fingerprint density at radius 2 is 1.27 bits per heavy atom. The standard InChI is InChI=1S/C41H41N2O/c1-26-9-19-33-34-20-16-31(25-42)37(30-12-10-28(11-13-30)29-14-17-32(18-15-29)41(5,6)7)39(34)44-38(33)36(26)35-23-27(21-22-43(35)8)24-40(2,3)4/h9-23H,24H2,1-8H3/q+1. The number of rotatable bonds is 4. The Kier molecular flexibility index (Phi) is 7.21. The summed E-state index contributed by atoms with van der Waals surface area (Å²) in [4.78, 5) is 0. The smallest absolute Gasteiger partial charge is 0.216 e. The topological polar surface area (TPSA) is 40.8 Å². The fourth-order valence-corrected chi connectivity index (χ4v) is 6.28. The van der Waals surface area contributed by atoms with Crippen molar-refractivity contribution in [3.05, 3.63) is 113 Å². The normalized spacial score (nSPS) is 12.2. The summed E-state index contributed by atoms with van der Waals surface area (Å²) in [6.07, 6.45) is 3.14. The first-order valence-corrected chi connectivity index (χ1v) is 15.4. The average Bonchev–Trinajstić information content (AvgIpc) is 3.35. The van der Waals surface area contributed by atoms with Crippen molar-refractivity contribution in [2.45, 2.75) is 60.3 Å². The lowest BCUT2D eigenvalue weighted by atomic mass is 9.86. The Morgan fingerprint density at radius 3 is 1.86 bits per heavy atom. The number of furan rings is 1. The van der Waals surface area contributed by atoms with E-state index in [2.05, 4.69) is 145 Å². The van der Waals surface area contributed by atoms with Gasteiger partial charge >= 0.3 is 0 Å². The first-order valence-electron chi connectivity index (χ1n) is 15.4. The molecule has 0 saturated heterocycles. The molecule has 0 N–H and O–H groups in total. The molecule has 0 aliphatic carbocycles. The molecule has 44 heavy (non-hydrogen) atoms. The fourth-order valence-electron chi connectivity index (χ4n) is 6.28. The zero-order chi connectivity index (χ0) is 31.4. The zero-order valence-corrected chi connectivity index (χ0v) is 27.2. The van der Waals surface area contributed by atoms with Gasteiger partial charge in [-0.2, -0.15) is 5.26 Å². The lowest BCUT2D eigenvalue weighted by Gasteiger charge is -2.19. The van der Waals surface area contributed by atoms with Crippen molar-refractivity contribution in [2.24, 2.45) is 12.5 Å². The van der Waals surface area contributed by atoms with Crippen molar-refractivity contribution in [2.75, 3.05) is 0 Å². The number of aromatic nitrogens is 1. The number of pyridine rings is 1. The van der Waals surface area contributed by atoms with Crippen LogP contribution in [0.15, 0.2) is 95.5 Å². The second-order valence-corrected chi connectivity index (χ2v) is 14.4. The third kappa shape index (κ3) is 5.42. The molecule has 2 heterocycles. The Balaban J connectivity index is 1.50. The summed E-state index contributed by atoms with van der Waals surface area (Å²) in [6, 6.07) is 32.5. The molecule has 3 heteroatoms. The Bertz CT molecular complexity index is 2060. The maximum Gasteiger partial charge on any atom is 0.216 e. The van der Waals surface area contributed by atoms with Crippen molar-refractivity contribution < 1.29 is 8.98 Å². The molecule has 220 valence electrons. The summed E-state index contributed by atoms with van der Waals surface area (Å²) in [5.41, 5.74) is 12.6. The molecule has 0 aliphatic rings. The van der Waals surface area contributed by atoms with Crippen LogP contribution in [0.5, 0.6) is 0 Å². The maximum absolute atomic E-state index is 10.2. The minimum absolute atomic E-state index is 0.117. The number of fused-ring (bicyclic) bond motifs is 3. The molecule has 6 aromatic rings. The molecular weight excluding hydrogens is 536 g/mol. The van der Waals surface area contributed by atoms with Gasteiger partial charge in [0.05, 0.1) is 17.2 Å². The SMILES string of the molecule is Cc1ccc2c(oc3c(-c4ccc(-c5ccc(C(C)(C)C)cc5)cc4)c(C#N)ccc32)c1-c1cc(CC(C)(C)C)cc[n+]1C. The minimum atomic E-state index is 0.117. The highest BCUT2D eigenvalue weighted by Crippen LogP contribution is 2.42. The van der Waals surface area contributed by atoms with Crippen LogP contribution in [0.25, 0.3) is 55.4 Å². The third-order valence-electron chi connectivity index (χ3n) is 8.60. The van der Waals surface area contributed by atoms with Crippen LogP contribution < -0.4 is 4.57 Å². The average molecular weight is 578 g/mol. The molecule has 0 spiro atoms. The monoisotopic (exact) mass is 577 g/mol. The molecule has 0 amide bonds. The van der Waals surface area contributed by atoms with Gasteiger partial charge in [0, 0.05) is 28.5 Å². The van der Waals surface area contributed by atoms with Gasteiger partial charge < -0.3 is 4.42 Å². The Labute approximate surface area is 261 Å². The van der Waals surface area contributed by atoms with E-state index < -0.39 is 0 Å². The highest BCUT2D eigenvalue weighted by Gasteiger charge is 2.24. The van der Waals surface area contributed by atoms with Gasteiger partial charge in [-0.15, -0.1) is 0 Å². The highest BCUT2D eigenvalue weighted by atomic mass is 16.3. The molecular formula is C41H41N2O+. The van der Waals surface area contributed by atoms with E-state index in [1.165, 1.54) is 16.7 Å². The highest BCUT2D eigenvalue weighted by molar-refractivity contribution is 6.14. The van der Waals surface area contributed by atoms with Crippen molar-refractivity contribution >= 4 is 21.9 Å². The summed E-state index contributed by atoms with van der Waals surface area (Å²) in [5, 5.41) is 12.3. The molecule has 0 atom stereocenters. The van der Waals surface area contributed by atoms with Gasteiger partial charge in [0.25, 0.3) is 0 Å². The summed E-state index contributed by atoms with van der Waals surface area (Å²) in [5.74, 6) is 0. The van der Waals surface area contributed by atoms with Gasteiger partial charge in [-0.25, -0.2) is 4.57 Å².